The van der Waals surface area contributed by atoms with E-state index in [4.69, 9.17) is 0 Å². The Morgan fingerprint density at radius 2 is 1.41 bits per heavy atom. The first kappa shape index (κ1) is 24.9. The van der Waals surface area contributed by atoms with E-state index in [1.807, 2.05) is 0 Å². The molecular formula is C28H50O4. The summed E-state index contributed by atoms with van der Waals surface area (Å²) in [5, 5.41) is 42.8. The number of aliphatic hydroxyl groups is 4. The topological polar surface area (TPSA) is 80.9 Å². The molecule has 4 saturated carbocycles. The van der Waals surface area contributed by atoms with E-state index in [9.17, 15) is 20.4 Å². The minimum absolute atomic E-state index is 0.0940. The molecule has 0 aromatic carbocycles. The molecule has 4 heteroatoms. The van der Waals surface area contributed by atoms with Crippen LogP contribution in [0.15, 0.2) is 0 Å². The highest BCUT2D eigenvalue weighted by molar-refractivity contribution is 5.11. The van der Waals surface area contributed by atoms with Crippen molar-refractivity contribution < 1.29 is 20.4 Å². The highest BCUT2D eigenvalue weighted by Crippen LogP contribution is 2.68. The number of rotatable bonds is 5. The van der Waals surface area contributed by atoms with Gasteiger partial charge in [-0.2, -0.15) is 0 Å². The predicted molar refractivity (Wildman–Crippen MR) is 128 cm³/mol. The minimum atomic E-state index is -0.659. The van der Waals surface area contributed by atoms with Crippen molar-refractivity contribution in [2.24, 2.45) is 58.2 Å². The normalized spacial score (nSPS) is 50.2. The van der Waals surface area contributed by atoms with Gasteiger partial charge in [0.25, 0.3) is 0 Å². The van der Waals surface area contributed by atoms with Gasteiger partial charge in [-0.1, -0.05) is 41.5 Å². The van der Waals surface area contributed by atoms with Gasteiger partial charge in [-0.15, -0.1) is 0 Å². The number of hydrogen-bond acceptors (Lipinski definition) is 4. The number of fused-ring (bicyclic) bond motifs is 5. The van der Waals surface area contributed by atoms with Gasteiger partial charge in [0.1, 0.15) is 0 Å². The van der Waals surface area contributed by atoms with E-state index in [0.29, 0.717) is 35.5 Å². The maximum atomic E-state index is 11.2. The summed E-state index contributed by atoms with van der Waals surface area (Å²) in [5.41, 5.74) is 0.382. The molecule has 0 heterocycles. The molecule has 4 aliphatic rings. The van der Waals surface area contributed by atoms with Crippen molar-refractivity contribution in [3.63, 3.8) is 0 Å². The van der Waals surface area contributed by atoms with E-state index in [2.05, 4.69) is 41.5 Å². The fourth-order valence-corrected chi connectivity index (χ4v) is 9.43. The van der Waals surface area contributed by atoms with E-state index < -0.39 is 24.4 Å². The molecule has 4 aliphatic carbocycles. The zero-order valence-electron chi connectivity index (χ0n) is 21.4. The van der Waals surface area contributed by atoms with Crippen LogP contribution >= 0.6 is 0 Å². The summed E-state index contributed by atoms with van der Waals surface area (Å²) in [6, 6.07) is 0. The van der Waals surface area contributed by atoms with Gasteiger partial charge in [-0.05, 0) is 110 Å². The third-order valence-corrected chi connectivity index (χ3v) is 11.9. The van der Waals surface area contributed by atoms with Gasteiger partial charge in [-0.25, -0.2) is 0 Å². The summed E-state index contributed by atoms with van der Waals surface area (Å²) in [6.07, 6.45) is 6.31. The van der Waals surface area contributed by atoms with E-state index in [1.54, 1.807) is 0 Å². The Kier molecular flexibility index (Phi) is 6.87. The fourth-order valence-electron chi connectivity index (χ4n) is 9.43. The van der Waals surface area contributed by atoms with E-state index in [-0.39, 0.29) is 22.7 Å². The summed E-state index contributed by atoms with van der Waals surface area (Å²) in [5.74, 6) is 3.59. The minimum Gasteiger partial charge on any atom is -0.390 e. The lowest BCUT2D eigenvalue weighted by molar-refractivity contribution is -0.163. The van der Waals surface area contributed by atoms with Crippen LogP contribution in [-0.4, -0.2) is 44.8 Å². The molecule has 4 fully saturated rings. The Hall–Kier alpha value is -0.160. The van der Waals surface area contributed by atoms with E-state index in [1.165, 1.54) is 32.1 Å². The van der Waals surface area contributed by atoms with Gasteiger partial charge in [0, 0.05) is 0 Å². The second-order valence-electron chi connectivity index (χ2n) is 13.4. The summed E-state index contributed by atoms with van der Waals surface area (Å²) < 4.78 is 0. The Labute approximate surface area is 196 Å². The molecule has 0 saturated heterocycles. The molecule has 13 atom stereocenters. The Balaban J connectivity index is 1.52. The van der Waals surface area contributed by atoms with Crippen molar-refractivity contribution >= 4 is 0 Å². The third-order valence-electron chi connectivity index (χ3n) is 11.9. The molecule has 0 radical (unpaired) electrons. The SMILES string of the molecule is CC(C)C(C)[C@@H](O)[C@H](O)[C@@H](C)C1CCC2C3CCC4C[C@H](O)[C@H](O)C[C@]4(C)C3CC[C@@]21C. The molecular weight excluding hydrogens is 400 g/mol. The molecule has 0 bridgehead atoms. The van der Waals surface area contributed by atoms with Crippen LogP contribution in [0.25, 0.3) is 0 Å². The van der Waals surface area contributed by atoms with Crippen LogP contribution < -0.4 is 0 Å². The van der Waals surface area contributed by atoms with Crippen LogP contribution in [0.2, 0.25) is 0 Å². The van der Waals surface area contributed by atoms with Crippen LogP contribution in [0.3, 0.4) is 0 Å². The van der Waals surface area contributed by atoms with Gasteiger partial charge in [0.15, 0.2) is 0 Å². The molecule has 32 heavy (non-hydrogen) atoms. The highest BCUT2D eigenvalue weighted by atomic mass is 16.3. The molecule has 0 aliphatic heterocycles. The first-order valence-electron chi connectivity index (χ1n) is 13.6. The van der Waals surface area contributed by atoms with Crippen molar-refractivity contribution in [3.05, 3.63) is 0 Å². The molecule has 6 unspecified atom stereocenters. The lowest BCUT2D eigenvalue weighted by atomic mass is 9.44. The second-order valence-corrected chi connectivity index (χ2v) is 13.4. The quantitative estimate of drug-likeness (QED) is 0.492. The van der Waals surface area contributed by atoms with Gasteiger partial charge in [0.2, 0.25) is 0 Å². The zero-order chi connectivity index (χ0) is 23.6. The second kappa shape index (κ2) is 8.81. The molecule has 186 valence electrons. The molecule has 0 aromatic rings. The summed E-state index contributed by atoms with van der Waals surface area (Å²) in [6.45, 7) is 13.4. The van der Waals surface area contributed by atoms with Crippen molar-refractivity contribution in [3.8, 4) is 0 Å². The van der Waals surface area contributed by atoms with E-state index in [0.717, 1.165) is 19.3 Å². The van der Waals surface area contributed by atoms with Crippen molar-refractivity contribution in [2.45, 2.75) is 117 Å². The van der Waals surface area contributed by atoms with Crippen LogP contribution in [0, 0.1) is 58.2 Å². The maximum absolute atomic E-state index is 11.2. The number of hydrogen-bond donors (Lipinski definition) is 4. The molecule has 4 N–H and O–H groups in total. The largest absolute Gasteiger partial charge is 0.390 e. The lowest BCUT2D eigenvalue weighted by Gasteiger charge is -2.61. The summed E-state index contributed by atoms with van der Waals surface area (Å²) in [4.78, 5) is 0. The van der Waals surface area contributed by atoms with Crippen LogP contribution in [-0.2, 0) is 0 Å². The molecule has 0 amide bonds. The van der Waals surface area contributed by atoms with Crippen LogP contribution in [0.1, 0.15) is 92.9 Å². The van der Waals surface area contributed by atoms with Crippen LogP contribution in [0.5, 0.6) is 0 Å². The Morgan fingerprint density at radius 3 is 2.06 bits per heavy atom. The molecule has 0 aromatic heterocycles. The van der Waals surface area contributed by atoms with Gasteiger partial charge >= 0.3 is 0 Å². The standard InChI is InChI=1S/C28H50O4/c1-15(2)16(3)25(31)26(32)17(4)20-9-10-21-19-8-7-18-13-23(29)24(30)14-28(18,6)22(19)11-12-27(20,21)5/h15-26,29-32H,7-14H2,1-6H3/t16?,17-,18?,19?,20?,21?,22?,23-,24+,25+,26+,27+,28-/m0/s1. The Bertz CT molecular complexity index is 666. The van der Waals surface area contributed by atoms with Gasteiger partial charge in [0.05, 0.1) is 24.4 Å². The highest BCUT2D eigenvalue weighted by Gasteiger charge is 2.62. The average molecular weight is 451 g/mol. The fraction of sp³-hybridized carbons (Fsp3) is 1.00. The molecule has 4 rings (SSSR count). The molecule has 0 spiro atoms. The zero-order valence-corrected chi connectivity index (χ0v) is 21.4. The molecule has 4 nitrogen and oxygen atoms in total. The third kappa shape index (κ3) is 3.80. The van der Waals surface area contributed by atoms with Gasteiger partial charge < -0.3 is 20.4 Å². The average Bonchev–Trinajstić information content (AvgIpc) is 3.09. The van der Waals surface area contributed by atoms with E-state index >= 15 is 0 Å². The number of aliphatic hydroxyl groups excluding tert-OH is 4. The van der Waals surface area contributed by atoms with Gasteiger partial charge in [-0.3, -0.25) is 0 Å². The Morgan fingerprint density at radius 1 is 0.750 bits per heavy atom. The summed E-state index contributed by atoms with van der Waals surface area (Å²) in [7, 11) is 0. The van der Waals surface area contributed by atoms with Crippen LogP contribution in [0.4, 0.5) is 0 Å². The first-order chi connectivity index (χ1) is 14.9. The van der Waals surface area contributed by atoms with Crippen molar-refractivity contribution in [2.75, 3.05) is 0 Å². The first-order valence-corrected chi connectivity index (χ1v) is 13.6. The smallest absolute Gasteiger partial charge is 0.0830 e. The summed E-state index contributed by atoms with van der Waals surface area (Å²) >= 11 is 0. The predicted octanol–water partition coefficient (Wildman–Crippen LogP) is 4.63. The lowest BCUT2D eigenvalue weighted by Crippen LogP contribution is -2.57. The monoisotopic (exact) mass is 450 g/mol. The van der Waals surface area contributed by atoms with Crippen molar-refractivity contribution in [1.82, 2.24) is 0 Å². The maximum Gasteiger partial charge on any atom is 0.0830 e. The van der Waals surface area contributed by atoms with Crippen molar-refractivity contribution in [1.29, 1.82) is 0 Å².